The number of anilines is 1. The molecule has 2 bridgehead atoms. The van der Waals surface area contributed by atoms with Gasteiger partial charge in [-0.1, -0.05) is 6.07 Å². The first-order valence-corrected chi connectivity index (χ1v) is 8.42. The van der Waals surface area contributed by atoms with Crippen LogP contribution in [-0.4, -0.2) is 54.2 Å². The summed E-state index contributed by atoms with van der Waals surface area (Å²) in [7, 11) is 3.29. The number of hydrogen-bond donors (Lipinski definition) is 1. The van der Waals surface area contributed by atoms with E-state index in [1.54, 1.807) is 0 Å². The predicted molar refractivity (Wildman–Crippen MR) is 91.7 cm³/mol. The lowest BCUT2D eigenvalue weighted by molar-refractivity contribution is -0.384. The minimum atomic E-state index is -0.742. The quantitative estimate of drug-likeness (QED) is 0.496. The number of nitrogens with one attached hydrogen (secondary N) is 1. The van der Waals surface area contributed by atoms with Crippen molar-refractivity contribution in [3.05, 3.63) is 34.4 Å². The summed E-state index contributed by atoms with van der Waals surface area (Å²) in [6, 6.07) is 5.83. The van der Waals surface area contributed by atoms with Crippen LogP contribution in [0.5, 0.6) is 0 Å². The standard InChI is InChI=1S/C17H21N3O6/c1-19-11-6-7-13(19)15(16(21)25-2)14(9-11)26-17(22)18-10-4-3-5-12(8-10)20(23)24/h3-5,8,11,13-15H,6-7,9H2,1-2H3,(H,18,22)/t11-,13+,14-,15+/m0/s1. The molecule has 0 unspecified atom stereocenters. The Bertz CT molecular complexity index is 724. The number of amides is 1. The lowest BCUT2D eigenvalue weighted by Crippen LogP contribution is -2.53. The summed E-state index contributed by atoms with van der Waals surface area (Å²) in [6.45, 7) is 0. The van der Waals surface area contributed by atoms with E-state index in [0.29, 0.717) is 6.42 Å². The van der Waals surface area contributed by atoms with Gasteiger partial charge < -0.3 is 9.47 Å². The second-order valence-corrected chi connectivity index (χ2v) is 6.62. The molecule has 2 saturated heterocycles. The topological polar surface area (TPSA) is 111 Å². The number of nitrogens with zero attached hydrogens (tertiary/aromatic N) is 2. The van der Waals surface area contributed by atoms with Gasteiger partial charge in [0.05, 0.1) is 17.7 Å². The molecule has 0 radical (unpaired) electrons. The van der Waals surface area contributed by atoms with E-state index < -0.39 is 29.0 Å². The Morgan fingerprint density at radius 2 is 2.12 bits per heavy atom. The average Bonchev–Trinajstić information content (AvgIpc) is 2.85. The molecule has 0 aromatic heterocycles. The van der Waals surface area contributed by atoms with Crippen LogP contribution in [0.3, 0.4) is 0 Å². The number of fused-ring (bicyclic) bond motifs is 2. The number of nitro groups is 1. The molecule has 1 aromatic rings. The molecule has 9 heteroatoms. The van der Waals surface area contributed by atoms with Gasteiger partial charge in [0.15, 0.2) is 0 Å². The predicted octanol–water partition coefficient (Wildman–Crippen LogP) is 2.17. The Labute approximate surface area is 150 Å². The third-order valence-electron chi connectivity index (χ3n) is 5.25. The fraction of sp³-hybridized carbons (Fsp3) is 0.529. The zero-order valence-corrected chi connectivity index (χ0v) is 14.6. The molecule has 0 saturated carbocycles. The monoisotopic (exact) mass is 363 g/mol. The van der Waals surface area contributed by atoms with Crippen molar-refractivity contribution in [1.29, 1.82) is 0 Å². The number of rotatable bonds is 4. The molecule has 0 aliphatic carbocycles. The Morgan fingerprint density at radius 1 is 1.35 bits per heavy atom. The van der Waals surface area contributed by atoms with E-state index in [1.807, 2.05) is 7.05 Å². The van der Waals surface area contributed by atoms with Gasteiger partial charge in [0.2, 0.25) is 0 Å². The molecule has 0 spiro atoms. The third-order valence-corrected chi connectivity index (χ3v) is 5.25. The van der Waals surface area contributed by atoms with Crippen molar-refractivity contribution in [3.63, 3.8) is 0 Å². The van der Waals surface area contributed by atoms with Crippen LogP contribution >= 0.6 is 0 Å². The van der Waals surface area contributed by atoms with Crippen LogP contribution < -0.4 is 5.32 Å². The highest BCUT2D eigenvalue weighted by molar-refractivity contribution is 5.85. The largest absolute Gasteiger partial charge is 0.469 e. The fourth-order valence-electron chi connectivity index (χ4n) is 3.97. The van der Waals surface area contributed by atoms with Crippen molar-refractivity contribution in [2.75, 3.05) is 19.5 Å². The Balaban J connectivity index is 1.70. The molecule has 140 valence electrons. The molecule has 3 rings (SSSR count). The number of non-ortho nitro benzene ring substituents is 1. The van der Waals surface area contributed by atoms with Gasteiger partial charge in [-0.25, -0.2) is 4.79 Å². The maximum Gasteiger partial charge on any atom is 0.411 e. The highest BCUT2D eigenvalue weighted by Gasteiger charge is 2.51. The van der Waals surface area contributed by atoms with Gasteiger partial charge in [0.1, 0.15) is 12.0 Å². The van der Waals surface area contributed by atoms with Crippen LogP contribution in [0.2, 0.25) is 0 Å². The first kappa shape index (κ1) is 18.1. The molecule has 2 fully saturated rings. The van der Waals surface area contributed by atoms with Gasteiger partial charge in [-0.15, -0.1) is 0 Å². The zero-order chi connectivity index (χ0) is 18.8. The van der Waals surface area contributed by atoms with Gasteiger partial charge in [-0.3, -0.25) is 25.1 Å². The smallest absolute Gasteiger partial charge is 0.411 e. The number of benzene rings is 1. The molecule has 1 amide bonds. The summed E-state index contributed by atoms with van der Waals surface area (Å²) in [5, 5.41) is 13.3. The number of piperidine rings is 1. The van der Waals surface area contributed by atoms with E-state index in [0.717, 1.165) is 12.8 Å². The summed E-state index contributed by atoms with van der Waals surface area (Å²) in [4.78, 5) is 36.9. The van der Waals surface area contributed by atoms with E-state index >= 15 is 0 Å². The highest BCUT2D eigenvalue weighted by Crippen LogP contribution is 2.40. The van der Waals surface area contributed by atoms with Crippen molar-refractivity contribution >= 4 is 23.4 Å². The Kier molecular flexibility index (Phi) is 5.08. The maximum atomic E-state index is 12.3. The highest BCUT2D eigenvalue weighted by atomic mass is 16.6. The van der Waals surface area contributed by atoms with Gasteiger partial charge in [0.25, 0.3) is 5.69 Å². The van der Waals surface area contributed by atoms with Gasteiger partial charge >= 0.3 is 12.1 Å². The van der Waals surface area contributed by atoms with Gasteiger partial charge in [-0.2, -0.15) is 0 Å². The number of methoxy groups -OCH3 is 1. The number of carbonyl (C=O) groups is 2. The van der Waals surface area contributed by atoms with Crippen LogP contribution in [-0.2, 0) is 14.3 Å². The Hall–Kier alpha value is -2.68. The minimum Gasteiger partial charge on any atom is -0.469 e. The Morgan fingerprint density at radius 3 is 2.81 bits per heavy atom. The van der Waals surface area contributed by atoms with Crippen molar-refractivity contribution in [1.82, 2.24) is 4.90 Å². The lowest BCUT2D eigenvalue weighted by Gasteiger charge is -2.40. The molecular weight excluding hydrogens is 342 g/mol. The zero-order valence-electron chi connectivity index (χ0n) is 14.6. The van der Waals surface area contributed by atoms with E-state index in [2.05, 4.69) is 10.2 Å². The fourth-order valence-corrected chi connectivity index (χ4v) is 3.97. The summed E-state index contributed by atoms with van der Waals surface area (Å²) >= 11 is 0. The molecule has 2 aliphatic heterocycles. The first-order chi connectivity index (χ1) is 12.4. The van der Waals surface area contributed by atoms with Crippen LogP contribution in [0, 0.1) is 16.0 Å². The number of hydrogen-bond acceptors (Lipinski definition) is 7. The average molecular weight is 363 g/mol. The SMILES string of the molecule is COC(=O)[C@H]1[C@@H](OC(=O)Nc2cccc([N+](=O)[O-])c2)C[C@@H]2CC[C@H]1N2C. The maximum absolute atomic E-state index is 12.3. The molecule has 2 aliphatic rings. The third kappa shape index (κ3) is 3.48. The van der Waals surface area contributed by atoms with E-state index in [-0.39, 0.29) is 23.5 Å². The molecule has 1 aromatic carbocycles. The van der Waals surface area contributed by atoms with Gasteiger partial charge in [0, 0.05) is 30.6 Å². The minimum absolute atomic E-state index is 0.0168. The molecule has 2 heterocycles. The number of carbonyl (C=O) groups excluding carboxylic acids is 2. The van der Waals surface area contributed by atoms with E-state index in [4.69, 9.17) is 9.47 Å². The second-order valence-electron chi connectivity index (χ2n) is 6.62. The number of ether oxygens (including phenoxy) is 2. The van der Waals surface area contributed by atoms with Crippen LogP contribution in [0.1, 0.15) is 19.3 Å². The summed E-state index contributed by atoms with van der Waals surface area (Å²) in [5.41, 5.74) is 0.127. The number of nitro benzene ring substituents is 1. The van der Waals surface area contributed by atoms with Crippen molar-refractivity contribution in [2.24, 2.45) is 5.92 Å². The van der Waals surface area contributed by atoms with Crippen LogP contribution in [0.15, 0.2) is 24.3 Å². The molecule has 1 N–H and O–H groups in total. The number of esters is 1. The summed E-state index contributed by atoms with van der Waals surface area (Å²) in [5.74, 6) is -0.935. The second kappa shape index (κ2) is 7.28. The first-order valence-electron chi connectivity index (χ1n) is 8.42. The lowest BCUT2D eigenvalue weighted by atomic mass is 9.87. The molecule has 4 atom stereocenters. The van der Waals surface area contributed by atoms with Crippen molar-refractivity contribution in [2.45, 2.75) is 37.5 Å². The van der Waals surface area contributed by atoms with E-state index in [9.17, 15) is 19.7 Å². The molecule has 9 nitrogen and oxygen atoms in total. The van der Waals surface area contributed by atoms with Crippen molar-refractivity contribution < 1.29 is 24.0 Å². The normalized spacial score (nSPS) is 27.6. The van der Waals surface area contributed by atoms with E-state index in [1.165, 1.54) is 31.4 Å². The van der Waals surface area contributed by atoms with Crippen molar-refractivity contribution in [3.8, 4) is 0 Å². The molecular formula is C17H21N3O6. The summed E-state index contributed by atoms with van der Waals surface area (Å²) in [6.07, 6.45) is 1.02. The van der Waals surface area contributed by atoms with Crippen LogP contribution in [0.4, 0.5) is 16.2 Å². The van der Waals surface area contributed by atoms with Crippen LogP contribution in [0.25, 0.3) is 0 Å². The molecule has 26 heavy (non-hydrogen) atoms. The summed E-state index contributed by atoms with van der Waals surface area (Å²) < 4.78 is 10.4. The van der Waals surface area contributed by atoms with Gasteiger partial charge in [-0.05, 0) is 26.0 Å².